The number of phenolic OH excluding ortho intramolecular Hbond substituents is 2. The summed E-state index contributed by atoms with van der Waals surface area (Å²) in [5, 5.41) is 22.0. The molecular weight excluding hydrogens is 226 g/mol. The van der Waals surface area contributed by atoms with Crippen LogP contribution in [0.25, 0.3) is 6.08 Å². The number of phenols is 2. The van der Waals surface area contributed by atoms with Crippen LogP contribution in [0.1, 0.15) is 11.1 Å². The largest absolute Gasteiger partial charge is 0.504 e. The van der Waals surface area contributed by atoms with E-state index in [0.717, 1.165) is 5.56 Å². The molecule has 0 heterocycles. The minimum absolute atomic E-state index is 0.0712. The van der Waals surface area contributed by atoms with Crippen molar-refractivity contribution in [1.29, 1.82) is 0 Å². The van der Waals surface area contributed by atoms with E-state index in [0.29, 0.717) is 12.1 Å². The van der Waals surface area contributed by atoms with Crippen LogP contribution >= 0.6 is 0 Å². The Kier molecular flexibility index (Phi) is 3.86. The van der Waals surface area contributed by atoms with E-state index >= 15 is 0 Å². The molecule has 2 aromatic carbocycles. The Morgan fingerprint density at radius 1 is 0.944 bits per heavy atom. The van der Waals surface area contributed by atoms with Crippen molar-refractivity contribution in [2.45, 2.75) is 6.54 Å². The first-order valence-corrected chi connectivity index (χ1v) is 5.72. The van der Waals surface area contributed by atoms with Gasteiger partial charge in [0.15, 0.2) is 11.5 Å². The lowest BCUT2D eigenvalue weighted by Crippen LogP contribution is -2.04. The lowest BCUT2D eigenvalue weighted by atomic mass is 10.2. The number of aromatic hydroxyl groups is 2. The van der Waals surface area contributed by atoms with Crippen LogP contribution in [0.4, 0.5) is 0 Å². The lowest BCUT2D eigenvalue weighted by molar-refractivity contribution is 0.398. The van der Waals surface area contributed by atoms with Crippen molar-refractivity contribution in [1.82, 2.24) is 5.32 Å². The molecule has 3 heteroatoms. The molecule has 3 nitrogen and oxygen atoms in total. The molecule has 0 fully saturated rings. The van der Waals surface area contributed by atoms with Gasteiger partial charge >= 0.3 is 0 Å². The van der Waals surface area contributed by atoms with E-state index in [1.165, 1.54) is 6.07 Å². The second-order valence-electron chi connectivity index (χ2n) is 3.91. The predicted molar refractivity (Wildman–Crippen MR) is 72.1 cm³/mol. The summed E-state index contributed by atoms with van der Waals surface area (Å²) in [6, 6.07) is 14.8. The van der Waals surface area contributed by atoms with Gasteiger partial charge in [0.1, 0.15) is 0 Å². The van der Waals surface area contributed by atoms with Gasteiger partial charge in [0.25, 0.3) is 0 Å². The zero-order chi connectivity index (χ0) is 12.8. The van der Waals surface area contributed by atoms with E-state index in [9.17, 15) is 10.2 Å². The van der Waals surface area contributed by atoms with Gasteiger partial charge in [-0.25, -0.2) is 0 Å². The zero-order valence-electron chi connectivity index (χ0n) is 9.88. The minimum Gasteiger partial charge on any atom is -0.504 e. The highest BCUT2D eigenvalue weighted by atomic mass is 16.3. The fourth-order valence-electron chi connectivity index (χ4n) is 1.61. The maximum absolute atomic E-state index is 9.60. The molecule has 0 radical (unpaired) electrons. The first kappa shape index (κ1) is 12.0. The van der Waals surface area contributed by atoms with Gasteiger partial charge in [-0.1, -0.05) is 42.5 Å². The Balaban J connectivity index is 1.93. The van der Waals surface area contributed by atoms with Gasteiger partial charge in [-0.3, -0.25) is 0 Å². The van der Waals surface area contributed by atoms with Crippen molar-refractivity contribution in [3.8, 4) is 11.5 Å². The maximum atomic E-state index is 9.60. The van der Waals surface area contributed by atoms with Gasteiger partial charge in [-0.2, -0.15) is 0 Å². The Labute approximate surface area is 106 Å². The number of benzene rings is 2. The average molecular weight is 241 g/mol. The van der Waals surface area contributed by atoms with Crippen LogP contribution in [-0.4, -0.2) is 10.2 Å². The molecule has 2 rings (SSSR count). The Bertz CT molecular complexity index is 535. The molecule has 0 saturated heterocycles. The standard InChI is InChI=1S/C15H15NO2/c17-14-8-4-7-13(15(14)18)11-16-10-9-12-5-2-1-3-6-12/h1-10,16-18H,11H2. The van der Waals surface area contributed by atoms with Crippen molar-refractivity contribution in [2.24, 2.45) is 0 Å². The smallest absolute Gasteiger partial charge is 0.162 e. The second-order valence-corrected chi connectivity index (χ2v) is 3.91. The quantitative estimate of drug-likeness (QED) is 0.721. The van der Waals surface area contributed by atoms with E-state index in [1.54, 1.807) is 12.1 Å². The topological polar surface area (TPSA) is 52.5 Å². The molecule has 0 saturated carbocycles. The van der Waals surface area contributed by atoms with Crippen molar-refractivity contribution >= 4 is 6.08 Å². The molecule has 0 unspecified atom stereocenters. The van der Waals surface area contributed by atoms with Crippen LogP contribution in [0, 0.1) is 0 Å². The number of hydrogen-bond donors (Lipinski definition) is 3. The van der Waals surface area contributed by atoms with Crippen LogP contribution in [0.15, 0.2) is 54.7 Å². The summed E-state index contributed by atoms with van der Waals surface area (Å²) in [5.41, 5.74) is 1.76. The van der Waals surface area contributed by atoms with Crippen molar-refractivity contribution in [2.75, 3.05) is 0 Å². The molecule has 0 aliphatic carbocycles. The van der Waals surface area contributed by atoms with Gasteiger partial charge < -0.3 is 15.5 Å². The normalized spacial score (nSPS) is 10.7. The summed E-state index contributed by atoms with van der Waals surface area (Å²) >= 11 is 0. The van der Waals surface area contributed by atoms with Crippen LogP contribution < -0.4 is 5.32 Å². The maximum Gasteiger partial charge on any atom is 0.162 e. The van der Waals surface area contributed by atoms with Gasteiger partial charge in [0.05, 0.1) is 0 Å². The van der Waals surface area contributed by atoms with Gasteiger partial charge in [-0.15, -0.1) is 0 Å². The second kappa shape index (κ2) is 5.77. The Hall–Kier alpha value is -2.42. The van der Waals surface area contributed by atoms with Gasteiger partial charge in [-0.05, 0) is 23.9 Å². The molecule has 0 spiro atoms. The third kappa shape index (κ3) is 3.04. The molecule has 0 atom stereocenters. The van der Waals surface area contributed by atoms with Crippen LogP contribution in [0.3, 0.4) is 0 Å². The molecule has 18 heavy (non-hydrogen) atoms. The van der Waals surface area contributed by atoms with E-state index in [1.807, 2.05) is 42.6 Å². The number of hydrogen-bond acceptors (Lipinski definition) is 3. The van der Waals surface area contributed by atoms with Crippen molar-refractivity contribution in [3.05, 3.63) is 65.9 Å². The number of rotatable bonds is 4. The van der Waals surface area contributed by atoms with E-state index in [-0.39, 0.29) is 11.5 Å². The summed E-state index contributed by atoms with van der Waals surface area (Å²) in [4.78, 5) is 0. The zero-order valence-corrected chi connectivity index (χ0v) is 9.88. The van der Waals surface area contributed by atoms with Gasteiger partial charge in [0, 0.05) is 12.1 Å². The fourth-order valence-corrected chi connectivity index (χ4v) is 1.61. The van der Waals surface area contributed by atoms with Crippen molar-refractivity contribution in [3.63, 3.8) is 0 Å². The first-order chi connectivity index (χ1) is 8.77. The minimum atomic E-state index is -0.0960. The summed E-state index contributed by atoms with van der Waals surface area (Å²) in [6.45, 7) is 0.462. The van der Waals surface area contributed by atoms with E-state index < -0.39 is 0 Å². The molecule has 0 aliphatic heterocycles. The summed E-state index contributed by atoms with van der Waals surface area (Å²) in [6.07, 6.45) is 3.76. The van der Waals surface area contributed by atoms with E-state index in [4.69, 9.17) is 0 Å². The fraction of sp³-hybridized carbons (Fsp3) is 0.0667. The van der Waals surface area contributed by atoms with Crippen LogP contribution in [0.5, 0.6) is 11.5 Å². The molecule has 0 aliphatic rings. The predicted octanol–water partition coefficient (Wildman–Crippen LogP) is 2.86. The molecule has 92 valence electrons. The molecule has 0 aromatic heterocycles. The molecule has 0 bridgehead atoms. The molecule has 0 amide bonds. The third-order valence-electron chi connectivity index (χ3n) is 2.58. The summed E-state index contributed by atoms with van der Waals surface area (Å²) < 4.78 is 0. The van der Waals surface area contributed by atoms with E-state index in [2.05, 4.69) is 5.32 Å². The number of para-hydroxylation sites is 1. The highest BCUT2D eigenvalue weighted by Crippen LogP contribution is 2.27. The first-order valence-electron chi connectivity index (χ1n) is 5.72. The lowest BCUT2D eigenvalue weighted by Gasteiger charge is -2.05. The third-order valence-corrected chi connectivity index (χ3v) is 2.58. The molecular formula is C15H15NO2. The average Bonchev–Trinajstić information content (AvgIpc) is 2.40. The molecule has 2 aromatic rings. The highest BCUT2D eigenvalue weighted by molar-refractivity contribution is 5.48. The van der Waals surface area contributed by atoms with Crippen LogP contribution in [0.2, 0.25) is 0 Å². The number of nitrogens with one attached hydrogen (secondary N) is 1. The Morgan fingerprint density at radius 2 is 1.72 bits per heavy atom. The molecule has 3 N–H and O–H groups in total. The van der Waals surface area contributed by atoms with Crippen molar-refractivity contribution < 1.29 is 10.2 Å². The highest BCUT2D eigenvalue weighted by Gasteiger charge is 2.03. The summed E-state index contributed by atoms with van der Waals surface area (Å²) in [7, 11) is 0. The van der Waals surface area contributed by atoms with Crippen LogP contribution in [-0.2, 0) is 6.54 Å². The van der Waals surface area contributed by atoms with Gasteiger partial charge in [0.2, 0.25) is 0 Å². The Morgan fingerprint density at radius 3 is 2.50 bits per heavy atom. The SMILES string of the molecule is Oc1cccc(CNC=Cc2ccccc2)c1O. The monoisotopic (exact) mass is 241 g/mol. The summed E-state index contributed by atoms with van der Waals surface area (Å²) in [5.74, 6) is -0.167.